The highest BCUT2D eigenvalue weighted by molar-refractivity contribution is 6.30. The molecule has 0 saturated carbocycles. The summed E-state index contributed by atoms with van der Waals surface area (Å²) in [4.78, 5) is 2.25. The number of hydrogen-bond donors (Lipinski definition) is 0. The quantitative estimate of drug-likeness (QED) is 0.757. The largest absolute Gasteiger partial charge is 0.455 e. The fraction of sp³-hybridized carbons (Fsp3) is 0.300. The Hall–Kier alpha value is -2.69. The summed E-state index contributed by atoms with van der Waals surface area (Å²) in [6.45, 7) is 1.85. The van der Waals surface area contributed by atoms with Gasteiger partial charge in [0.05, 0.1) is 16.8 Å². The fourth-order valence-electron chi connectivity index (χ4n) is 3.02. The van der Waals surface area contributed by atoms with Crippen LogP contribution < -0.4 is 9.64 Å². The van der Waals surface area contributed by atoms with Crippen LogP contribution in [0.4, 0.5) is 5.69 Å². The second kappa shape index (κ2) is 7.92. The van der Waals surface area contributed by atoms with Gasteiger partial charge in [0, 0.05) is 24.2 Å². The van der Waals surface area contributed by atoms with Crippen LogP contribution >= 0.6 is 11.6 Å². The molecule has 2 aromatic carbocycles. The van der Waals surface area contributed by atoms with Crippen molar-refractivity contribution >= 4 is 17.3 Å². The Bertz CT molecular complexity index is 826. The summed E-state index contributed by atoms with van der Waals surface area (Å²) in [5.41, 5.74) is 1.57. The molecule has 1 heterocycles. The average molecular weight is 352 g/mol. The van der Waals surface area contributed by atoms with Crippen molar-refractivity contribution in [3.63, 3.8) is 0 Å². The zero-order chi connectivity index (χ0) is 17.6. The van der Waals surface area contributed by atoms with Gasteiger partial charge in [-0.2, -0.15) is 10.5 Å². The van der Waals surface area contributed by atoms with Crippen LogP contribution in [-0.4, -0.2) is 13.1 Å². The monoisotopic (exact) mass is 351 g/mol. The molecular formula is C20H18ClN3O. The van der Waals surface area contributed by atoms with Gasteiger partial charge >= 0.3 is 0 Å². The van der Waals surface area contributed by atoms with Gasteiger partial charge in [0.1, 0.15) is 17.9 Å². The number of ether oxygens (including phenoxy) is 1. The minimum Gasteiger partial charge on any atom is -0.455 e. The Kier molecular flexibility index (Phi) is 5.43. The number of benzene rings is 2. The van der Waals surface area contributed by atoms with Crippen LogP contribution in [-0.2, 0) is 0 Å². The lowest BCUT2D eigenvalue weighted by molar-refractivity contribution is 0.481. The lowest BCUT2D eigenvalue weighted by atomic mass is 10.1. The third kappa shape index (κ3) is 4.05. The van der Waals surface area contributed by atoms with Gasteiger partial charge in [0.2, 0.25) is 0 Å². The van der Waals surface area contributed by atoms with E-state index in [9.17, 15) is 10.5 Å². The van der Waals surface area contributed by atoms with Gasteiger partial charge in [-0.3, -0.25) is 0 Å². The van der Waals surface area contributed by atoms with Gasteiger partial charge in [-0.25, -0.2) is 0 Å². The van der Waals surface area contributed by atoms with E-state index < -0.39 is 0 Å². The molecule has 0 bridgehead atoms. The van der Waals surface area contributed by atoms with Crippen LogP contribution in [0.25, 0.3) is 0 Å². The molecule has 25 heavy (non-hydrogen) atoms. The Morgan fingerprint density at radius 2 is 1.48 bits per heavy atom. The highest BCUT2D eigenvalue weighted by Crippen LogP contribution is 2.36. The number of nitrogens with zero attached hydrogens (tertiary/aromatic N) is 3. The first-order valence-electron chi connectivity index (χ1n) is 8.38. The van der Waals surface area contributed by atoms with E-state index in [4.69, 9.17) is 16.3 Å². The molecule has 1 saturated heterocycles. The van der Waals surface area contributed by atoms with Gasteiger partial charge in [0.15, 0.2) is 5.75 Å². The summed E-state index contributed by atoms with van der Waals surface area (Å²) in [5, 5.41) is 19.3. The predicted octanol–water partition coefficient (Wildman–Crippen LogP) is 5.26. The summed E-state index contributed by atoms with van der Waals surface area (Å²) in [7, 11) is 0. The van der Waals surface area contributed by atoms with Gasteiger partial charge in [-0.1, -0.05) is 24.4 Å². The number of hydrogen-bond acceptors (Lipinski definition) is 4. The lowest BCUT2D eigenvalue weighted by Crippen LogP contribution is -2.24. The first-order chi connectivity index (χ1) is 12.2. The van der Waals surface area contributed by atoms with Crippen LogP contribution in [0.2, 0.25) is 5.02 Å². The number of nitriles is 2. The highest BCUT2D eigenvalue weighted by atomic mass is 35.5. The van der Waals surface area contributed by atoms with Crippen molar-refractivity contribution in [2.75, 3.05) is 18.0 Å². The summed E-state index contributed by atoms with van der Waals surface area (Å²) >= 11 is 5.93. The third-order valence-electron chi connectivity index (χ3n) is 4.33. The molecule has 0 spiro atoms. The van der Waals surface area contributed by atoms with E-state index in [1.165, 1.54) is 12.8 Å². The maximum atomic E-state index is 9.36. The maximum Gasteiger partial charge on any atom is 0.152 e. The standard InChI is InChI=1S/C20H18ClN3O/c21-17-5-7-18(8-6-17)25-20-12-16(14-23)15(13-22)11-19(20)24-9-3-1-2-4-10-24/h5-8,11-12H,1-4,9-10H2. The second-order valence-corrected chi connectivity index (χ2v) is 6.48. The van der Waals surface area contributed by atoms with Crippen molar-refractivity contribution in [2.45, 2.75) is 25.7 Å². The zero-order valence-corrected chi connectivity index (χ0v) is 14.6. The van der Waals surface area contributed by atoms with E-state index >= 15 is 0 Å². The Balaban J connectivity index is 2.02. The van der Waals surface area contributed by atoms with E-state index in [0.29, 0.717) is 27.6 Å². The average Bonchev–Trinajstić information content (AvgIpc) is 2.92. The number of halogens is 1. The molecule has 0 aromatic heterocycles. The van der Waals surface area contributed by atoms with Crippen LogP contribution in [0, 0.1) is 22.7 Å². The minimum atomic E-state index is 0.324. The highest BCUT2D eigenvalue weighted by Gasteiger charge is 2.18. The van der Waals surface area contributed by atoms with Gasteiger partial charge in [-0.15, -0.1) is 0 Å². The van der Waals surface area contributed by atoms with Gasteiger partial charge in [-0.05, 0) is 43.2 Å². The van der Waals surface area contributed by atoms with Crippen LogP contribution in [0.5, 0.6) is 11.5 Å². The summed E-state index contributed by atoms with van der Waals surface area (Å²) in [6, 6.07) is 14.7. The normalized spacial score (nSPS) is 14.3. The minimum absolute atomic E-state index is 0.324. The van der Waals surface area contributed by atoms with Crippen molar-refractivity contribution in [2.24, 2.45) is 0 Å². The van der Waals surface area contributed by atoms with Crippen molar-refractivity contribution in [3.8, 4) is 23.6 Å². The van der Waals surface area contributed by atoms with Gasteiger partial charge < -0.3 is 9.64 Å². The molecule has 2 aromatic rings. The van der Waals surface area contributed by atoms with Crippen LogP contribution in [0.15, 0.2) is 36.4 Å². The van der Waals surface area contributed by atoms with Crippen molar-refractivity contribution in [3.05, 3.63) is 52.5 Å². The van der Waals surface area contributed by atoms with Crippen LogP contribution in [0.3, 0.4) is 0 Å². The molecule has 5 heteroatoms. The first-order valence-corrected chi connectivity index (χ1v) is 8.75. The van der Waals surface area contributed by atoms with Gasteiger partial charge in [0.25, 0.3) is 0 Å². The van der Waals surface area contributed by atoms with Crippen molar-refractivity contribution in [1.29, 1.82) is 10.5 Å². The molecule has 4 nitrogen and oxygen atoms in total. The molecule has 1 aliphatic rings. The van der Waals surface area contributed by atoms with E-state index in [2.05, 4.69) is 17.0 Å². The summed E-state index contributed by atoms with van der Waals surface area (Å²) < 4.78 is 6.04. The van der Waals surface area contributed by atoms with Crippen molar-refractivity contribution < 1.29 is 4.74 Å². The molecule has 126 valence electrons. The first kappa shape index (κ1) is 17.1. The van der Waals surface area contributed by atoms with E-state index in [-0.39, 0.29) is 0 Å². The topological polar surface area (TPSA) is 60.0 Å². The second-order valence-electron chi connectivity index (χ2n) is 6.05. The van der Waals surface area contributed by atoms with E-state index in [1.807, 2.05) is 0 Å². The predicted molar refractivity (Wildman–Crippen MR) is 98.1 cm³/mol. The molecule has 0 radical (unpaired) electrons. The Morgan fingerprint density at radius 3 is 2.08 bits per heavy atom. The van der Waals surface area contributed by atoms with E-state index in [0.717, 1.165) is 31.6 Å². The lowest BCUT2D eigenvalue weighted by Gasteiger charge is -2.25. The summed E-state index contributed by atoms with van der Waals surface area (Å²) in [5.74, 6) is 1.24. The molecule has 3 rings (SSSR count). The fourth-order valence-corrected chi connectivity index (χ4v) is 3.15. The smallest absolute Gasteiger partial charge is 0.152 e. The molecule has 0 aliphatic carbocycles. The summed E-state index contributed by atoms with van der Waals surface area (Å²) in [6.07, 6.45) is 4.65. The van der Waals surface area contributed by atoms with Crippen molar-refractivity contribution in [1.82, 2.24) is 0 Å². The molecule has 0 N–H and O–H groups in total. The number of anilines is 1. The molecule has 0 unspecified atom stereocenters. The third-order valence-corrected chi connectivity index (χ3v) is 4.58. The molecule has 0 amide bonds. The Labute approximate surface area is 152 Å². The molecule has 1 fully saturated rings. The number of rotatable bonds is 3. The van der Waals surface area contributed by atoms with E-state index in [1.54, 1.807) is 36.4 Å². The maximum absolute atomic E-state index is 9.36. The van der Waals surface area contributed by atoms with Crippen LogP contribution in [0.1, 0.15) is 36.8 Å². The molecule has 0 atom stereocenters. The SMILES string of the molecule is N#Cc1cc(Oc2ccc(Cl)cc2)c(N2CCCCCC2)cc1C#N. The molecule has 1 aliphatic heterocycles. The Morgan fingerprint density at radius 1 is 0.880 bits per heavy atom. The zero-order valence-electron chi connectivity index (χ0n) is 13.8. The molecular weight excluding hydrogens is 334 g/mol.